The number of aromatic nitrogens is 3. The van der Waals surface area contributed by atoms with Crippen molar-refractivity contribution in [3.05, 3.63) is 222 Å². The molecule has 3 aromatic heterocycles. The smallest absolute Gasteiger partial charge is 0.143 e. The summed E-state index contributed by atoms with van der Waals surface area (Å²) in [5.41, 5.74) is 23.0. The average molecular weight is 896 g/mol. The fraction of sp³-hybridized carbons (Fsp3) is 0.0909. The minimum absolute atomic E-state index is 0.156. The first-order chi connectivity index (χ1) is 34.2. The molecule has 0 spiro atoms. The van der Waals surface area contributed by atoms with Gasteiger partial charge in [-0.25, -0.2) is 9.97 Å². The van der Waals surface area contributed by atoms with Crippen LogP contribution in [0.15, 0.2) is 205 Å². The summed E-state index contributed by atoms with van der Waals surface area (Å²) in [6, 6.07) is 73.1. The fourth-order valence-corrected chi connectivity index (χ4v) is 12.5. The predicted octanol–water partition coefficient (Wildman–Crippen LogP) is 17.4. The predicted molar refractivity (Wildman–Crippen MR) is 290 cm³/mol. The van der Waals surface area contributed by atoms with Crippen molar-refractivity contribution in [3.63, 3.8) is 0 Å². The molecule has 15 rings (SSSR count). The Kier molecular flexibility index (Phi) is 7.88. The number of benzene rings is 10. The van der Waals surface area contributed by atoms with Crippen LogP contribution in [0.5, 0.6) is 0 Å². The fourth-order valence-electron chi connectivity index (χ4n) is 12.5. The molecule has 4 heteroatoms. The summed E-state index contributed by atoms with van der Waals surface area (Å²) in [5, 5.41) is 7.11. The van der Waals surface area contributed by atoms with Gasteiger partial charge in [0.1, 0.15) is 11.2 Å². The maximum absolute atomic E-state index is 6.60. The maximum atomic E-state index is 6.60. The van der Waals surface area contributed by atoms with Gasteiger partial charge in [0, 0.05) is 54.8 Å². The highest BCUT2D eigenvalue weighted by molar-refractivity contribution is 6.22. The van der Waals surface area contributed by atoms with Crippen LogP contribution in [0.25, 0.3) is 127 Å². The molecule has 0 amide bonds. The van der Waals surface area contributed by atoms with Gasteiger partial charge in [0.15, 0.2) is 0 Å². The van der Waals surface area contributed by atoms with Gasteiger partial charge in [-0.3, -0.25) is 0 Å². The molecular weight excluding hydrogens is 851 g/mol. The summed E-state index contributed by atoms with van der Waals surface area (Å²) in [7, 11) is 0. The lowest BCUT2D eigenvalue weighted by Gasteiger charge is -2.23. The second kappa shape index (κ2) is 14.0. The minimum atomic E-state index is -0.168. The lowest BCUT2D eigenvalue weighted by atomic mass is 9.81. The van der Waals surface area contributed by atoms with Gasteiger partial charge in [-0.2, -0.15) is 0 Å². The number of nitrogens with zero attached hydrogens (tertiary/aromatic N) is 3. The molecule has 0 saturated carbocycles. The first kappa shape index (κ1) is 39.4. The largest absolute Gasteiger partial charge is 0.455 e. The number of hydrogen-bond acceptors (Lipinski definition) is 3. The van der Waals surface area contributed by atoms with Gasteiger partial charge >= 0.3 is 0 Å². The molecule has 3 heterocycles. The molecule has 2 aliphatic rings. The molecule has 10 aromatic carbocycles. The van der Waals surface area contributed by atoms with Crippen LogP contribution in [-0.2, 0) is 10.8 Å². The van der Waals surface area contributed by atoms with E-state index in [-0.39, 0.29) is 10.8 Å². The van der Waals surface area contributed by atoms with Gasteiger partial charge < -0.3 is 8.98 Å². The standard InChI is InChI=1S/C66H45N3O/c1-65(2)52-21-10-7-16-45(52)47-29-25-40(34-54(47)65)62-63(41-26-30-48-46-17-8-11-22-53(46)66(3,4)55(48)35-41)68-57-37-42(28-32-56(57)67-62)69-58-33-27-38-14-5-6-15-43(38)61(58)51-31-24-39(36-59(51)69)44-19-13-20-50-49-18-9-12-23-60(49)70-64(44)50/h5-37H,1-4H3. The van der Waals surface area contributed by atoms with Gasteiger partial charge in [-0.05, 0) is 109 Å². The summed E-state index contributed by atoms with van der Waals surface area (Å²) in [6.07, 6.45) is 0. The van der Waals surface area contributed by atoms with Gasteiger partial charge in [0.25, 0.3) is 0 Å². The normalized spacial score (nSPS) is 14.2. The molecule has 70 heavy (non-hydrogen) atoms. The molecule has 0 radical (unpaired) electrons. The monoisotopic (exact) mass is 895 g/mol. The zero-order valence-corrected chi connectivity index (χ0v) is 39.3. The lowest BCUT2D eigenvalue weighted by Crippen LogP contribution is -2.15. The molecule has 0 saturated heterocycles. The third-order valence-electron chi connectivity index (χ3n) is 16.0. The first-order valence-corrected chi connectivity index (χ1v) is 24.4. The van der Waals surface area contributed by atoms with Crippen molar-refractivity contribution >= 4 is 65.6 Å². The van der Waals surface area contributed by atoms with E-state index in [1.165, 1.54) is 66.1 Å². The number of para-hydroxylation sites is 2. The topological polar surface area (TPSA) is 43.9 Å². The van der Waals surface area contributed by atoms with E-state index in [2.05, 4.69) is 226 Å². The number of hydrogen-bond donors (Lipinski definition) is 0. The molecule has 13 aromatic rings. The zero-order chi connectivity index (χ0) is 46.6. The second-order valence-corrected chi connectivity index (χ2v) is 20.5. The van der Waals surface area contributed by atoms with E-state index in [1.54, 1.807) is 0 Å². The Morgan fingerprint density at radius 3 is 1.70 bits per heavy atom. The van der Waals surface area contributed by atoms with Crippen LogP contribution in [0.4, 0.5) is 0 Å². The molecule has 330 valence electrons. The zero-order valence-electron chi connectivity index (χ0n) is 39.3. The van der Waals surface area contributed by atoms with Crippen LogP contribution >= 0.6 is 0 Å². The Bertz CT molecular complexity index is 4430. The van der Waals surface area contributed by atoms with Crippen LogP contribution in [0, 0.1) is 0 Å². The van der Waals surface area contributed by atoms with Crippen LogP contribution in [-0.4, -0.2) is 14.5 Å². The summed E-state index contributed by atoms with van der Waals surface area (Å²) in [6.45, 7) is 9.38. The minimum Gasteiger partial charge on any atom is -0.455 e. The van der Waals surface area contributed by atoms with E-state index in [0.29, 0.717) is 0 Å². The van der Waals surface area contributed by atoms with Crippen molar-refractivity contribution < 1.29 is 4.42 Å². The van der Waals surface area contributed by atoms with Crippen molar-refractivity contribution in [2.75, 3.05) is 0 Å². The van der Waals surface area contributed by atoms with Gasteiger partial charge in [-0.15, -0.1) is 0 Å². The third kappa shape index (κ3) is 5.36. The molecule has 0 bridgehead atoms. The molecule has 2 aliphatic carbocycles. The summed E-state index contributed by atoms with van der Waals surface area (Å²) in [4.78, 5) is 11.3. The van der Waals surface area contributed by atoms with Crippen molar-refractivity contribution in [1.29, 1.82) is 0 Å². The maximum Gasteiger partial charge on any atom is 0.143 e. The van der Waals surface area contributed by atoms with Crippen molar-refractivity contribution in [2.24, 2.45) is 0 Å². The van der Waals surface area contributed by atoms with Crippen LogP contribution in [0.2, 0.25) is 0 Å². The molecule has 4 nitrogen and oxygen atoms in total. The average Bonchev–Trinajstić information content (AvgIpc) is 4.08. The van der Waals surface area contributed by atoms with Crippen molar-refractivity contribution in [3.8, 4) is 61.6 Å². The molecule has 0 atom stereocenters. The van der Waals surface area contributed by atoms with Crippen molar-refractivity contribution in [2.45, 2.75) is 38.5 Å². The van der Waals surface area contributed by atoms with Gasteiger partial charge in [-0.1, -0.05) is 179 Å². The van der Waals surface area contributed by atoms with E-state index >= 15 is 0 Å². The molecule has 0 aliphatic heterocycles. The van der Waals surface area contributed by atoms with Crippen molar-refractivity contribution in [1.82, 2.24) is 14.5 Å². The first-order valence-electron chi connectivity index (χ1n) is 24.4. The number of fused-ring (bicyclic) bond motifs is 15. The van der Waals surface area contributed by atoms with Crippen LogP contribution in [0.3, 0.4) is 0 Å². The lowest BCUT2D eigenvalue weighted by molar-refractivity contribution is 0.660. The van der Waals surface area contributed by atoms with Gasteiger partial charge in [0.2, 0.25) is 0 Å². The highest BCUT2D eigenvalue weighted by Gasteiger charge is 2.37. The Hall–Kier alpha value is -8.60. The SMILES string of the molecule is CC1(C)c2ccccc2-c2ccc(-c3nc4ccc(-n5c6cc(-c7cccc8c7oc7ccccc78)ccc6c6c7ccccc7ccc65)cc4nc3-c3ccc4c(c3)C(C)(C)c3ccccc3-4)cc21. The van der Waals surface area contributed by atoms with Gasteiger partial charge in [0.05, 0.1) is 33.5 Å². The summed E-state index contributed by atoms with van der Waals surface area (Å²) < 4.78 is 9.02. The molecule has 0 N–H and O–H groups in total. The van der Waals surface area contributed by atoms with Crippen LogP contribution < -0.4 is 0 Å². The highest BCUT2D eigenvalue weighted by Crippen LogP contribution is 2.52. The van der Waals surface area contributed by atoms with E-state index in [0.717, 1.165) is 83.3 Å². The van der Waals surface area contributed by atoms with E-state index in [4.69, 9.17) is 14.4 Å². The van der Waals surface area contributed by atoms with Crippen LogP contribution in [0.1, 0.15) is 49.9 Å². The molecule has 0 fully saturated rings. The quantitative estimate of drug-likeness (QED) is 0.177. The summed E-state index contributed by atoms with van der Waals surface area (Å²) in [5.74, 6) is 0. The van der Waals surface area contributed by atoms with E-state index in [9.17, 15) is 0 Å². The highest BCUT2D eigenvalue weighted by atomic mass is 16.3. The summed E-state index contributed by atoms with van der Waals surface area (Å²) >= 11 is 0. The number of furan rings is 1. The Morgan fingerprint density at radius 1 is 0.386 bits per heavy atom. The Morgan fingerprint density at radius 2 is 0.971 bits per heavy atom. The second-order valence-electron chi connectivity index (χ2n) is 20.5. The third-order valence-corrected chi connectivity index (χ3v) is 16.0. The Balaban J connectivity index is 0.964. The number of rotatable bonds is 4. The van der Waals surface area contributed by atoms with E-state index < -0.39 is 0 Å². The Labute approximate surface area is 405 Å². The van der Waals surface area contributed by atoms with E-state index in [1.807, 2.05) is 6.07 Å². The molecular formula is C66H45N3O. The molecule has 0 unspecified atom stereocenters.